The molecule has 4 N–H and O–H groups in total. The SMILES string of the molecule is CCCC(N)CCC(=O)NC[C@@H]1C[C@@H](CC(=O)O)C(=O)N1CCCc1ccccc1. The van der Waals surface area contributed by atoms with Crippen molar-refractivity contribution in [2.24, 2.45) is 11.7 Å². The number of rotatable bonds is 13. The zero-order valence-corrected chi connectivity index (χ0v) is 17.9. The number of amides is 2. The summed E-state index contributed by atoms with van der Waals surface area (Å²) in [6, 6.07) is 9.93. The predicted molar refractivity (Wildman–Crippen MR) is 116 cm³/mol. The number of nitrogens with one attached hydrogen (secondary N) is 1. The van der Waals surface area contributed by atoms with Crippen LogP contribution >= 0.6 is 0 Å². The van der Waals surface area contributed by atoms with Gasteiger partial charge in [0.15, 0.2) is 0 Å². The number of aryl methyl sites for hydroxylation is 1. The molecule has 1 aromatic rings. The molecule has 0 saturated carbocycles. The van der Waals surface area contributed by atoms with Gasteiger partial charge in [0.2, 0.25) is 11.8 Å². The number of hydrogen-bond donors (Lipinski definition) is 3. The zero-order valence-electron chi connectivity index (χ0n) is 17.9. The van der Waals surface area contributed by atoms with Gasteiger partial charge in [0, 0.05) is 31.6 Å². The number of carbonyl (C=O) groups excluding carboxylic acids is 2. The molecular weight excluding hydrogens is 382 g/mol. The van der Waals surface area contributed by atoms with Crippen molar-refractivity contribution in [2.45, 2.75) is 70.4 Å². The van der Waals surface area contributed by atoms with Crippen LogP contribution in [0.3, 0.4) is 0 Å². The maximum atomic E-state index is 12.8. The van der Waals surface area contributed by atoms with Crippen molar-refractivity contribution in [1.82, 2.24) is 10.2 Å². The molecule has 3 atom stereocenters. The van der Waals surface area contributed by atoms with E-state index in [1.165, 1.54) is 5.56 Å². The third-order valence-corrected chi connectivity index (χ3v) is 5.69. The first-order valence-corrected chi connectivity index (χ1v) is 11.0. The first-order chi connectivity index (χ1) is 14.4. The monoisotopic (exact) mass is 417 g/mol. The second-order valence-electron chi connectivity index (χ2n) is 8.20. The number of benzene rings is 1. The Hall–Kier alpha value is -2.41. The normalized spacial score (nSPS) is 19.7. The van der Waals surface area contributed by atoms with E-state index in [1.54, 1.807) is 4.90 Å². The highest BCUT2D eigenvalue weighted by molar-refractivity contribution is 5.85. The van der Waals surface area contributed by atoms with Crippen LogP contribution < -0.4 is 11.1 Å². The van der Waals surface area contributed by atoms with Crippen molar-refractivity contribution in [3.05, 3.63) is 35.9 Å². The summed E-state index contributed by atoms with van der Waals surface area (Å²) in [6.07, 6.45) is 4.86. The van der Waals surface area contributed by atoms with Crippen molar-refractivity contribution in [3.8, 4) is 0 Å². The third-order valence-electron chi connectivity index (χ3n) is 5.69. The molecular formula is C23H35N3O4. The highest BCUT2D eigenvalue weighted by Gasteiger charge is 2.39. The van der Waals surface area contributed by atoms with Crippen molar-refractivity contribution < 1.29 is 19.5 Å². The van der Waals surface area contributed by atoms with E-state index < -0.39 is 11.9 Å². The second kappa shape index (κ2) is 12.3. The number of aliphatic carboxylic acids is 1. The number of carboxylic acids is 1. The lowest BCUT2D eigenvalue weighted by molar-refractivity contribution is -0.142. The fourth-order valence-electron chi connectivity index (χ4n) is 4.09. The Morgan fingerprint density at radius 3 is 2.67 bits per heavy atom. The molecule has 1 aliphatic rings. The number of carboxylic acid groups (broad SMARTS) is 1. The molecule has 0 aliphatic carbocycles. The summed E-state index contributed by atoms with van der Waals surface area (Å²) >= 11 is 0. The van der Waals surface area contributed by atoms with Crippen LogP contribution in [-0.2, 0) is 20.8 Å². The van der Waals surface area contributed by atoms with Gasteiger partial charge in [-0.15, -0.1) is 0 Å². The molecule has 0 bridgehead atoms. The molecule has 7 heteroatoms. The van der Waals surface area contributed by atoms with Crippen LogP contribution in [0.1, 0.15) is 57.4 Å². The molecule has 1 aromatic carbocycles. The quantitative estimate of drug-likeness (QED) is 0.456. The topological polar surface area (TPSA) is 113 Å². The predicted octanol–water partition coefficient (Wildman–Crippen LogP) is 2.33. The molecule has 1 heterocycles. The molecule has 7 nitrogen and oxygen atoms in total. The van der Waals surface area contributed by atoms with Crippen LogP contribution in [-0.4, -0.2) is 53.0 Å². The molecule has 2 amide bonds. The minimum Gasteiger partial charge on any atom is -0.481 e. The fourth-order valence-corrected chi connectivity index (χ4v) is 4.09. The molecule has 2 rings (SSSR count). The minimum atomic E-state index is -0.966. The van der Waals surface area contributed by atoms with Gasteiger partial charge in [-0.25, -0.2) is 0 Å². The van der Waals surface area contributed by atoms with Gasteiger partial charge in [-0.05, 0) is 37.7 Å². The van der Waals surface area contributed by atoms with Crippen molar-refractivity contribution in [3.63, 3.8) is 0 Å². The average molecular weight is 418 g/mol. The first kappa shape index (κ1) is 23.9. The van der Waals surface area contributed by atoms with Crippen LogP contribution in [0.15, 0.2) is 30.3 Å². The smallest absolute Gasteiger partial charge is 0.304 e. The summed E-state index contributed by atoms with van der Waals surface area (Å²) in [5.41, 5.74) is 7.18. The molecule has 0 radical (unpaired) electrons. The first-order valence-electron chi connectivity index (χ1n) is 11.0. The zero-order chi connectivity index (χ0) is 21.9. The van der Waals surface area contributed by atoms with Gasteiger partial charge >= 0.3 is 5.97 Å². The van der Waals surface area contributed by atoms with Gasteiger partial charge in [0.1, 0.15) is 0 Å². The molecule has 30 heavy (non-hydrogen) atoms. The Balaban J connectivity index is 1.87. The van der Waals surface area contributed by atoms with E-state index in [2.05, 4.69) is 24.4 Å². The van der Waals surface area contributed by atoms with Gasteiger partial charge in [-0.2, -0.15) is 0 Å². The van der Waals surface area contributed by atoms with E-state index in [9.17, 15) is 14.4 Å². The Morgan fingerprint density at radius 1 is 1.27 bits per heavy atom. The molecule has 1 aliphatic heterocycles. The van der Waals surface area contributed by atoms with Crippen molar-refractivity contribution in [1.29, 1.82) is 0 Å². The van der Waals surface area contributed by atoms with Crippen LogP contribution in [0.25, 0.3) is 0 Å². The van der Waals surface area contributed by atoms with Gasteiger partial charge in [0.05, 0.1) is 12.3 Å². The van der Waals surface area contributed by atoms with Crippen molar-refractivity contribution >= 4 is 17.8 Å². The van der Waals surface area contributed by atoms with E-state index in [4.69, 9.17) is 10.8 Å². The number of carbonyl (C=O) groups is 3. The minimum absolute atomic E-state index is 0.0308. The van der Waals surface area contributed by atoms with Gasteiger partial charge < -0.3 is 21.1 Å². The summed E-state index contributed by atoms with van der Waals surface area (Å²) in [6.45, 7) is 2.98. The molecule has 1 fully saturated rings. The summed E-state index contributed by atoms with van der Waals surface area (Å²) in [5, 5.41) is 12.0. The summed E-state index contributed by atoms with van der Waals surface area (Å²) in [4.78, 5) is 37.8. The van der Waals surface area contributed by atoms with E-state index in [0.717, 1.165) is 25.7 Å². The largest absolute Gasteiger partial charge is 0.481 e. The lowest BCUT2D eigenvalue weighted by Crippen LogP contribution is -2.42. The van der Waals surface area contributed by atoms with Crippen molar-refractivity contribution in [2.75, 3.05) is 13.1 Å². The molecule has 166 valence electrons. The molecule has 0 aromatic heterocycles. The molecule has 1 saturated heterocycles. The average Bonchev–Trinajstić information content (AvgIpc) is 3.00. The lowest BCUT2D eigenvalue weighted by Gasteiger charge is -2.25. The fraction of sp³-hybridized carbons (Fsp3) is 0.609. The maximum Gasteiger partial charge on any atom is 0.304 e. The second-order valence-corrected chi connectivity index (χ2v) is 8.20. The van der Waals surface area contributed by atoms with Crippen LogP contribution in [0.4, 0.5) is 0 Å². The van der Waals surface area contributed by atoms with Gasteiger partial charge in [0.25, 0.3) is 0 Å². The Labute approximate surface area is 179 Å². The maximum absolute atomic E-state index is 12.8. The summed E-state index contributed by atoms with van der Waals surface area (Å²) < 4.78 is 0. The highest BCUT2D eigenvalue weighted by atomic mass is 16.4. The Bertz CT molecular complexity index is 695. The number of hydrogen-bond acceptors (Lipinski definition) is 4. The summed E-state index contributed by atoms with van der Waals surface area (Å²) in [5.74, 6) is -1.67. The Kier molecular flexibility index (Phi) is 9.80. The highest BCUT2D eigenvalue weighted by Crippen LogP contribution is 2.27. The van der Waals surface area contributed by atoms with E-state index >= 15 is 0 Å². The molecule has 1 unspecified atom stereocenters. The van der Waals surface area contributed by atoms with Crippen LogP contribution in [0.5, 0.6) is 0 Å². The number of likely N-dealkylation sites (tertiary alicyclic amines) is 1. The van der Waals surface area contributed by atoms with Crippen LogP contribution in [0.2, 0.25) is 0 Å². The van der Waals surface area contributed by atoms with Gasteiger partial charge in [-0.1, -0.05) is 43.7 Å². The van der Waals surface area contributed by atoms with E-state index in [0.29, 0.717) is 32.4 Å². The molecule has 0 spiro atoms. The van der Waals surface area contributed by atoms with E-state index in [1.807, 2.05) is 18.2 Å². The standard InChI is InChI=1S/C23H35N3O4/c1-2-7-19(24)11-12-21(27)25-16-20-14-18(15-22(28)29)23(30)26(20)13-6-10-17-8-4-3-5-9-17/h3-5,8-9,18-20H,2,6-7,10-16,24H2,1H3,(H,25,27)(H,28,29)/t18-,19?,20-/m0/s1. The van der Waals surface area contributed by atoms with E-state index in [-0.39, 0.29) is 30.3 Å². The lowest BCUT2D eigenvalue weighted by atomic mass is 10.0. The summed E-state index contributed by atoms with van der Waals surface area (Å²) in [7, 11) is 0. The number of nitrogens with two attached hydrogens (primary N) is 1. The number of nitrogens with zero attached hydrogens (tertiary/aromatic N) is 1. The van der Waals surface area contributed by atoms with Crippen LogP contribution in [0, 0.1) is 5.92 Å². The van der Waals surface area contributed by atoms with Gasteiger partial charge in [-0.3, -0.25) is 14.4 Å². The third kappa shape index (κ3) is 7.78. The Morgan fingerprint density at radius 2 is 2.00 bits per heavy atom.